The molecule has 2 aromatic heterocycles. The van der Waals surface area contributed by atoms with Gasteiger partial charge in [0.05, 0.1) is 31.8 Å². The van der Waals surface area contributed by atoms with Gasteiger partial charge in [-0.05, 0) is 38.1 Å². The zero-order valence-electron chi connectivity index (χ0n) is 16.8. The Morgan fingerprint density at radius 1 is 1.20 bits per heavy atom. The van der Waals surface area contributed by atoms with E-state index >= 15 is 0 Å². The first-order chi connectivity index (χ1) is 14.5. The number of nitrogens with one attached hydrogen (secondary N) is 1. The molecule has 1 N–H and O–H groups in total. The molecule has 2 heterocycles. The standard InChI is InChI=1S/C21H21FN4O4/c1-4-29-20-8-5-14(10-24-20)18-11-23-12-19(25-18)21(27)26-30-13(2)16-9-15(28-3)6-7-17(16)22/h5-13H,4H2,1-3H3,(H,26,27)/t13-/m0/s1. The topological polar surface area (TPSA) is 95.5 Å². The number of carbonyl (C=O) groups is 1. The third-order valence-electron chi connectivity index (χ3n) is 4.16. The molecular weight excluding hydrogens is 391 g/mol. The molecule has 0 saturated carbocycles. The molecule has 3 aromatic rings. The fraction of sp³-hybridized carbons (Fsp3) is 0.238. The molecule has 0 spiro atoms. The van der Waals surface area contributed by atoms with E-state index in [1.165, 1.54) is 37.7 Å². The molecule has 0 radical (unpaired) electrons. The van der Waals surface area contributed by atoms with Crippen LogP contribution in [0.5, 0.6) is 11.6 Å². The molecule has 0 aliphatic carbocycles. The third kappa shape index (κ3) is 5.06. The SMILES string of the molecule is CCOc1ccc(-c2cncc(C(=O)NO[C@@H](C)c3cc(OC)ccc3F)n2)cn1. The largest absolute Gasteiger partial charge is 0.497 e. The smallest absolute Gasteiger partial charge is 0.295 e. The Kier molecular flexibility index (Phi) is 6.87. The average molecular weight is 412 g/mol. The number of rotatable bonds is 8. The van der Waals surface area contributed by atoms with Crippen LogP contribution < -0.4 is 15.0 Å². The van der Waals surface area contributed by atoms with Crippen molar-refractivity contribution in [3.8, 4) is 22.9 Å². The van der Waals surface area contributed by atoms with Crippen molar-refractivity contribution in [3.05, 3.63) is 66.0 Å². The summed E-state index contributed by atoms with van der Waals surface area (Å²) in [5.41, 5.74) is 3.71. The molecule has 1 aromatic carbocycles. The van der Waals surface area contributed by atoms with Crippen LogP contribution in [0.2, 0.25) is 0 Å². The van der Waals surface area contributed by atoms with E-state index in [4.69, 9.17) is 14.3 Å². The lowest BCUT2D eigenvalue weighted by Gasteiger charge is -2.15. The number of ether oxygens (including phenoxy) is 2. The van der Waals surface area contributed by atoms with Gasteiger partial charge in [-0.3, -0.25) is 14.6 Å². The first-order valence-corrected chi connectivity index (χ1v) is 9.22. The molecule has 3 rings (SSSR count). The van der Waals surface area contributed by atoms with Gasteiger partial charge in [-0.25, -0.2) is 19.8 Å². The van der Waals surface area contributed by atoms with Crippen LogP contribution in [0.25, 0.3) is 11.3 Å². The predicted octanol–water partition coefficient (Wildman–Crippen LogP) is 3.51. The van der Waals surface area contributed by atoms with Gasteiger partial charge in [0.1, 0.15) is 23.4 Å². The molecule has 0 aliphatic heterocycles. The Hall–Kier alpha value is -3.59. The van der Waals surface area contributed by atoms with Crippen LogP contribution in [0.3, 0.4) is 0 Å². The first-order valence-electron chi connectivity index (χ1n) is 9.22. The van der Waals surface area contributed by atoms with Crippen molar-refractivity contribution < 1.29 is 23.5 Å². The minimum atomic E-state index is -0.754. The van der Waals surface area contributed by atoms with Gasteiger partial charge in [0.25, 0.3) is 5.91 Å². The predicted molar refractivity (Wildman–Crippen MR) is 106 cm³/mol. The van der Waals surface area contributed by atoms with E-state index in [-0.39, 0.29) is 11.3 Å². The van der Waals surface area contributed by atoms with Gasteiger partial charge in [0.2, 0.25) is 5.88 Å². The van der Waals surface area contributed by atoms with Gasteiger partial charge in [-0.2, -0.15) is 0 Å². The van der Waals surface area contributed by atoms with Crippen molar-refractivity contribution in [2.45, 2.75) is 20.0 Å². The molecule has 0 saturated heterocycles. The van der Waals surface area contributed by atoms with E-state index in [2.05, 4.69) is 20.4 Å². The Balaban J connectivity index is 1.68. The second-order valence-electron chi connectivity index (χ2n) is 6.19. The highest BCUT2D eigenvalue weighted by Gasteiger charge is 2.16. The quantitative estimate of drug-likeness (QED) is 0.566. The number of hydroxylamine groups is 1. The summed E-state index contributed by atoms with van der Waals surface area (Å²) in [6.07, 6.45) is 3.65. The molecule has 1 amide bonds. The van der Waals surface area contributed by atoms with Crippen LogP contribution in [0.1, 0.15) is 36.0 Å². The Labute approximate surface area is 173 Å². The zero-order chi connectivity index (χ0) is 21.5. The van der Waals surface area contributed by atoms with E-state index in [0.717, 1.165) is 0 Å². The lowest BCUT2D eigenvalue weighted by molar-refractivity contribution is -0.0107. The highest BCUT2D eigenvalue weighted by molar-refractivity contribution is 5.91. The highest BCUT2D eigenvalue weighted by atomic mass is 19.1. The van der Waals surface area contributed by atoms with Crippen molar-refractivity contribution in [2.75, 3.05) is 13.7 Å². The van der Waals surface area contributed by atoms with Crippen LogP contribution in [-0.4, -0.2) is 34.6 Å². The molecule has 0 unspecified atom stereocenters. The third-order valence-corrected chi connectivity index (χ3v) is 4.16. The zero-order valence-corrected chi connectivity index (χ0v) is 16.8. The van der Waals surface area contributed by atoms with Gasteiger partial charge in [-0.1, -0.05) is 0 Å². The molecule has 30 heavy (non-hydrogen) atoms. The van der Waals surface area contributed by atoms with Crippen LogP contribution in [-0.2, 0) is 4.84 Å². The molecule has 0 fully saturated rings. The van der Waals surface area contributed by atoms with Crippen molar-refractivity contribution in [1.29, 1.82) is 0 Å². The molecular formula is C21H21FN4O4. The van der Waals surface area contributed by atoms with E-state index in [0.29, 0.717) is 29.5 Å². The van der Waals surface area contributed by atoms with Gasteiger partial charge in [0.15, 0.2) is 0 Å². The molecule has 8 nitrogen and oxygen atoms in total. The maximum absolute atomic E-state index is 14.0. The number of amides is 1. The van der Waals surface area contributed by atoms with Crippen LogP contribution in [0.15, 0.2) is 48.9 Å². The summed E-state index contributed by atoms with van der Waals surface area (Å²) in [5.74, 6) is -0.105. The number of halogens is 1. The van der Waals surface area contributed by atoms with Crippen LogP contribution in [0, 0.1) is 5.82 Å². The Morgan fingerprint density at radius 3 is 2.73 bits per heavy atom. The average Bonchev–Trinajstić information content (AvgIpc) is 2.78. The number of methoxy groups -OCH3 is 1. The summed E-state index contributed by atoms with van der Waals surface area (Å²) in [4.78, 5) is 30.2. The van der Waals surface area contributed by atoms with Gasteiger partial charge >= 0.3 is 0 Å². The second kappa shape index (κ2) is 9.75. The number of pyridine rings is 1. The fourth-order valence-corrected chi connectivity index (χ4v) is 2.60. The second-order valence-corrected chi connectivity index (χ2v) is 6.19. The first kappa shape index (κ1) is 21.1. The van der Waals surface area contributed by atoms with Gasteiger partial charge < -0.3 is 9.47 Å². The molecule has 9 heteroatoms. The Bertz CT molecular complexity index is 1010. The number of nitrogens with zero attached hydrogens (tertiary/aromatic N) is 3. The molecule has 156 valence electrons. The Morgan fingerprint density at radius 2 is 2.03 bits per heavy atom. The number of hydrogen-bond acceptors (Lipinski definition) is 7. The summed E-state index contributed by atoms with van der Waals surface area (Å²) in [6, 6.07) is 7.76. The minimum absolute atomic E-state index is 0.0414. The lowest BCUT2D eigenvalue weighted by atomic mass is 10.1. The maximum atomic E-state index is 14.0. The summed E-state index contributed by atoms with van der Waals surface area (Å²) in [7, 11) is 1.48. The number of benzene rings is 1. The normalized spacial score (nSPS) is 11.6. The van der Waals surface area contributed by atoms with E-state index < -0.39 is 17.8 Å². The summed E-state index contributed by atoms with van der Waals surface area (Å²) >= 11 is 0. The van der Waals surface area contributed by atoms with Gasteiger partial charge in [-0.15, -0.1) is 0 Å². The molecule has 0 bridgehead atoms. The van der Waals surface area contributed by atoms with Crippen LogP contribution in [0.4, 0.5) is 4.39 Å². The van der Waals surface area contributed by atoms with Crippen molar-refractivity contribution in [1.82, 2.24) is 20.4 Å². The monoisotopic (exact) mass is 412 g/mol. The van der Waals surface area contributed by atoms with E-state index in [9.17, 15) is 9.18 Å². The summed E-state index contributed by atoms with van der Waals surface area (Å²) in [6.45, 7) is 3.99. The summed E-state index contributed by atoms with van der Waals surface area (Å²) in [5, 5.41) is 0. The highest BCUT2D eigenvalue weighted by Crippen LogP contribution is 2.24. The molecule has 0 aliphatic rings. The number of hydrogen-bond donors (Lipinski definition) is 1. The lowest BCUT2D eigenvalue weighted by Crippen LogP contribution is -2.26. The molecule has 1 atom stereocenters. The minimum Gasteiger partial charge on any atom is -0.497 e. The van der Waals surface area contributed by atoms with Crippen molar-refractivity contribution >= 4 is 5.91 Å². The van der Waals surface area contributed by atoms with Crippen LogP contribution >= 0.6 is 0 Å². The van der Waals surface area contributed by atoms with E-state index in [1.807, 2.05) is 6.92 Å². The van der Waals surface area contributed by atoms with E-state index in [1.54, 1.807) is 25.3 Å². The number of carbonyl (C=O) groups excluding carboxylic acids is 1. The van der Waals surface area contributed by atoms with Crippen molar-refractivity contribution in [3.63, 3.8) is 0 Å². The van der Waals surface area contributed by atoms with Gasteiger partial charge in [0, 0.05) is 23.4 Å². The summed E-state index contributed by atoms with van der Waals surface area (Å²) < 4.78 is 24.4. The number of aromatic nitrogens is 3. The fourth-order valence-electron chi connectivity index (χ4n) is 2.60. The maximum Gasteiger partial charge on any atom is 0.295 e. The van der Waals surface area contributed by atoms with Crippen molar-refractivity contribution in [2.24, 2.45) is 0 Å².